The van der Waals surface area contributed by atoms with Gasteiger partial charge in [0.1, 0.15) is 9.84 Å². The van der Waals surface area contributed by atoms with Crippen LogP contribution in [0.25, 0.3) is 0 Å². The maximum atomic E-state index is 11.2. The Bertz CT molecular complexity index is 222. The Morgan fingerprint density at radius 1 is 1.31 bits per heavy atom. The summed E-state index contributed by atoms with van der Waals surface area (Å²) in [6.45, 7) is 5.89. The molecule has 0 aliphatic heterocycles. The Hall–Kier alpha value is 0.430. The summed E-state index contributed by atoms with van der Waals surface area (Å²) in [5.74, 6) is 1.09. The van der Waals surface area contributed by atoms with E-state index in [1.807, 2.05) is 0 Å². The van der Waals surface area contributed by atoms with Crippen LogP contribution in [0.2, 0.25) is 0 Å². The molecule has 0 saturated heterocycles. The predicted octanol–water partition coefficient (Wildman–Crippen LogP) is 2.62. The van der Waals surface area contributed by atoms with Crippen LogP contribution in [0.3, 0.4) is 0 Å². The molecule has 13 heavy (non-hydrogen) atoms. The molecule has 0 amide bonds. The summed E-state index contributed by atoms with van der Waals surface area (Å²) in [7, 11) is -2.77. The fraction of sp³-hybridized carbons (Fsp3) is 1.00. The van der Waals surface area contributed by atoms with Crippen LogP contribution in [0.5, 0.6) is 0 Å². The summed E-state index contributed by atoms with van der Waals surface area (Å²) in [6.07, 6.45) is 1.82. The standard InChI is InChI=1S/C9H19BrO2S/c1-4-13(11,12)6-5-8(2)7-9(3)10/h8-9H,4-7H2,1-3H3. The zero-order valence-electron chi connectivity index (χ0n) is 8.59. The van der Waals surface area contributed by atoms with Crippen LogP contribution in [0.1, 0.15) is 33.6 Å². The van der Waals surface area contributed by atoms with Gasteiger partial charge in [-0.25, -0.2) is 8.42 Å². The largest absolute Gasteiger partial charge is 0.229 e. The van der Waals surface area contributed by atoms with Crippen LogP contribution >= 0.6 is 15.9 Å². The molecule has 0 radical (unpaired) electrons. The number of hydrogen-bond acceptors (Lipinski definition) is 2. The lowest BCUT2D eigenvalue weighted by atomic mass is 10.0. The monoisotopic (exact) mass is 270 g/mol. The molecule has 0 rings (SSSR count). The number of sulfone groups is 1. The fourth-order valence-electron chi connectivity index (χ4n) is 1.20. The highest BCUT2D eigenvalue weighted by Gasteiger charge is 2.11. The molecule has 0 saturated carbocycles. The smallest absolute Gasteiger partial charge is 0.150 e. The Kier molecular flexibility index (Phi) is 6.21. The number of alkyl halides is 1. The third-order valence-corrected chi connectivity index (χ3v) is 4.20. The maximum absolute atomic E-state index is 11.2. The summed E-state index contributed by atoms with van der Waals surface area (Å²) >= 11 is 3.46. The number of halogens is 1. The molecule has 0 aromatic rings. The Balaban J connectivity index is 3.77. The van der Waals surface area contributed by atoms with Gasteiger partial charge >= 0.3 is 0 Å². The van der Waals surface area contributed by atoms with Crippen molar-refractivity contribution in [3.05, 3.63) is 0 Å². The molecule has 0 aliphatic rings. The Morgan fingerprint density at radius 3 is 2.23 bits per heavy atom. The molecule has 0 spiro atoms. The maximum Gasteiger partial charge on any atom is 0.150 e. The van der Waals surface area contributed by atoms with Gasteiger partial charge in [0.2, 0.25) is 0 Å². The van der Waals surface area contributed by atoms with E-state index < -0.39 is 9.84 Å². The molecule has 80 valence electrons. The van der Waals surface area contributed by atoms with E-state index in [1.165, 1.54) is 0 Å². The van der Waals surface area contributed by atoms with Gasteiger partial charge in [0, 0.05) is 10.6 Å². The van der Waals surface area contributed by atoms with Crippen molar-refractivity contribution in [1.29, 1.82) is 0 Å². The van der Waals surface area contributed by atoms with Gasteiger partial charge in [-0.15, -0.1) is 0 Å². The molecule has 2 nitrogen and oxygen atoms in total. The third-order valence-electron chi connectivity index (χ3n) is 2.09. The molecule has 0 aromatic heterocycles. The average Bonchev–Trinajstić information content (AvgIpc) is 2.00. The second-order valence-corrected chi connectivity index (χ2v) is 7.68. The highest BCUT2D eigenvalue weighted by molar-refractivity contribution is 9.09. The van der Waals surface area contributed by atoms with Crippen LogP contribution in [-0.4, -0.2) is 24.8 Å². The van der Waals surface area contributed by atoms with Gasteiger partial charge in [0.25, 0.3) is 0 Å². The second kappa shape index (κ2) is 6.02. The van der Waals surface area contributed by atoms with E-state index in [-0.39, 0.29) is 5.75 Å². The molecule has 0 bridgehead atoms. The topological polar surface area (TPSA) is 34.1 Å². The second-order valence-electron chi connectivity index (χ2n) is 3.65. The van der Waals surface area contributed by atoms with Crippen molar-refractivity contribution in [2.24, 2.45) is 5.92 Å². The first-order chi connectivity index (χ1) is 5.87. The van der Waals surface area contributed by atoms with Gasteiger partial charge in [-0.05, 0) is 18.8 Å². The van der Waals surface area contributed by atoms with Crippen LogP contribution in [0.15, 0.2) is 0 Å². The van der Waals surface area contributed by atoms with Crippen molar-refractivity contribution in [1.82, 2.24) is 0 Å². The predicted molar refractivity (Wildman–Crippen MR) is 61.1 cm³/mol. The Labute approximate surface area is 90.2 Å². The highest BCUT2D eigenvalue weighted by Crippen LogP contribution is 2.16. The van der Waals surface area contributed by atoms with E-state index >= 15 is 0 Å². The van der Waals surface area contributed by atoms with Gasteiger partial charge < -0.3 is 0 Å². The van der Waals surface area contributed by atoms with Gasteiger partial charge in [-0.1, -0.05) is 36.7 Å². The third kappa shape index (κ3) is 7.50. The lowest BCUT2D eigenvalue weighted by Crippen LogP contribution is -2.13. The quantitative estimate of drug-likeness (QED) is 0.696. The molecular formula is C9H19BrO2S. The molecule has 0 heterocycles. The van der Waals surface area contributed by atoms with Gasteiger partial charge in [0.15, 0.2) is 0 Å². The average molecular weight is 271 g/mol. The molecule has 2 atom stereocenters. The van der Waals surface area contributed by atoms with Crippen molar-refractivity contribution < 1.29 is 8.42 Å². The Morgan fingerprint density at radius 2 is 1.85 bits per heavy atom. The van der Waals surface area contributed by atoms with Crippen LogP contribution in [0, 0.1) is 5.92 Å². The van der Waals surface area contributed by atoms with Gasteiger partial charge in [-0.3, -0.25) is 0 Å². The summed E-state index contributed by atoms with van der Waals surface area (Å²) < 4.78 is 22.4. The van der Waals surface area contributed by atoms with Crippen molar-refractivity contribution in [2.45, 2.75) is 38.4 Å². The van der Waals surface area contributed by atoms with Crippen molar-refractivity contribution >= 4 is 25.8 Å². The number of rotatable bonds is 6. The first-order valence-corrected chi connectivity index (χ1v) is 7.45. The SMILES string of the molecule is CCS(=O)(=O)CCC(C)CC(C)Br. The minimum Gasteiger partial charge on any atom is -0.229 e. The zero-order chi connectivity index (χ0) is 10.5. The van der Waals surface area contributed by atoms with E-state index in [4.69, 9.17) is 0 Å². The highest BCUT2D eigenvalue weighted by atomic mass is 79.9. The van der Waals surface area contributed by atoms with Crippen LogP contribution in [-0.2, 0) is 9.84 Å². The minimum absolute atomic E-state index is 0.267. The van der Waals surface area contributed by atoms with Crippen molar-refractivity contribution in [3.8, 4) is 0 Å². The number of hydrogen-bond donors (Lipinski definition) is 0. The first kappa shape index (κ1) is 13.4. The molecule has 0 N–H and O–H groups in total. The van der Waals surface area contributed by atoms with E-state index in [0.717, 1.165) is 12.8 Å². The lowest BCUT2D eigenvalue weighted by molar-refractivity contribution is 0.512. The molecule has 0 aliphatic carbocycles. The van der Waals surface area contributed by atoms with Gasteiger partial charge in [-0.2, -0.15) is 0 Å². The summed E-state index contributed by atoms with van der Waals surface area (Å²) in [5, 5.41) is 0. The molecule has 0 fully saturated rings. The summed E-state index contributed by atoms with van der Waals surface area (Å²) in [4.78, 5) is 0.479. The van der Waals surface area contributed by atoms with Crippen LogP contribution < -0.4 is 0 Å². The van der Waals surface area contributed by atoms with E-state index in [9.17, 15) is 8.42 Å². The van der Waals surface area contributed by atoms with Gasteiger partial charge in [0.05, 0.1) is 5.75 Å². The summed E-state index contributed by atoms with van der Waals surface area (Å²) in [5.41, 5.74) is 0. The van der Waals surface area contributed by atoms with Crippen LogP contribution in [0.4, 0.5) is 0 Å². The lowest BCUT2D eigenvalue weighted by Gasteiger charge is -2.12. The minimum atomic E-state index is -2.77. The van der Waals surface area contributed by atoms with E-state index in [0.29, 0.717) is 16.5 Å². The molecular weight excluding hydrogens is 252 g/mol. The van der Waals surface area contributed by atoms with Crippen molar-refractivity contribution in [3.63, 3.8) is 0 Å². The first-order valence-electron chi connectivity index (χ1n) is 4.72. The zero-order valence-corrected chi connectivity index (χ0v) is 11.0. The fourth-order valence-corrected chi connectivity index (χ4v) is 2.89. The van der Waals surface area contributed by atoms with Crippen molar-refractivity contribution in [2.75, 3.05) is 11.5 Å². The normalized spacial score (nSPS) is 16.9. The molecule has 0 aromatic carbocycles. The molecule has 4 heteroatoms. The van der Waals surface area contributed by atoms with E-state index in [2.05, 4.69) is 29.8 Å². The molecule has 2 unspecified atom stereocenters. The van der Waals surface area contributed by atoms with E-state index in [1.54, 1.807) is 6.92 Å². The summed E-state index contributed by atoms with van der Waals surface area (Å²) in [6, 6.07) is 0.